The number of ether oxygens (including phenoxy) is 1. The molecule has 0 spiro atoms. The van der Waals surface area contributed by atoms with Crippen molar-refractivity contribution in [2.24, 2.45) is 0 Å². The number of carboxylic acid groups (broad SMARTS) is 1. The second-order valence-electron chi connectivity index (χ2n) is 14.2. The van der Waals surface area contributed by atoms with Crippen LogP contribution in [-0.4, -0.2) is 23.1 Å². The number of hydrogen-bond acceptors (Lipinski definition) is 3. The second kappa shape index (κ2) is 41.1. The van der Waals surface area contributed by atoms with Gasteiger partial charge in [-0.3, -0.25) is 9.59 Å². The minimum absolute atomic E-state index is 0.00506. The normalized spacial score (nSPS) is 12.8. The topological polar surface area (TPSA) is 63.6 Å². The number of esters is 1. The van der Waals surface area contributed by atoms with E-state index in [1.54, 1.807) is 0 Å². The zero-order valence-electron chi connectivity index (χ0n) is 32.9. The van der Waals surface area contributed by atoms with Gasteiger partial charge in [-0.1, -0.05) is 177 Å². The lowest BCUT2D eigenvalue weighted by Crippen LogP contribution is -2.18. The fourth-order valence-electron chi connectivity index (χ4n) is 6.15. The van der Waals surface area contributed by atoms with Crippen LogP contribution in [0, 0.1) is 0 Å². The lowest BCUT2D eigenvalue weighted by Gasteiger charge is -2.18. The van der Waals surface area contributed by atoms with Crippen molar-refractivity contribution < 1.29 is 19.4 Å². The third-order valence-corrected chi connectivity index (χ3v) is 9.25. The summed E-state index contributed by atoms with van der Waals surface area (Å²) in [4.78, 5) is 23.4. The summed E-state index contributed by atoms with van der Waals surface area (Å²) in [6.07, 6.45) is 56.7. The minimum Gasteiger partial charge on any atom is -0.481 e. The Morgan fingerprint density at radius 2 is 0.840 bits per heavy atom. The number of rotatable bonds is 38. The molecule has 0 heterocycles. The average molecular weight is 697 g/mol. The Labute approximate surface area is 310 Å². The molecule has 0 aromatic carbocycles. The van der Waals surface area contributed by atoms with Gasteiger partial charge in [-0.05, 0) is 83.5 Å². The molecule has 0 radical (unpaired) electrons. The number of unbranched alkanes of at least 4 members (excludes halogenated alkanes) is 19. The molecule has 0 aliphatic carbocycles. The molecule has 0 fully saturated rings. The van der Waals surface area contributed by atoms with Gasteiger partial charge < -0.3 is 9.84 Å². The third kappa shape index (κ3) is 40.1. The molecule has 0 saturated carbocycles. The van der Waals surface area contributed by atoms with Crippen LogP contribution in [0.15, 0.2) is 60.8 Å². The van der Waals surface area contributed by atoms with E-state index in [0.29, 0.717) is 6.42 Å². The summed E-state index contributed by atoms with van der Waals surface area (Å²) in [5.74, 6) is -0.701. The molecule has 0 aliphatic rings. The summed E-state index contributed by atoms with van der Waals surface area (Å²) in [5.41, 5.74) is 0. The van der Waals surface area contributed by atoms with Gasteiger partial charge >= 0.3 is 11.9 Å². The lowest BCUT2D eigenvalue weighted by atomic mass is 10.0. The van der Waals surface area contributed by atoms with Gasteiger partial charge in [0.05, 0.1) is 0 Å². The highest BCUT2D eigenvalue weighted by Crippen LogP contribution is 2.19. The molecule has 50 heavy (non-hydrogen) atoms. The quantitative estimate of drug-likeness (QED) is 0.0396. The molecule has 1 N–H and O–H groups in total. The van der Waals surface area contributed by atoms with E-state index in [9.17, 15) is 9.59 Å². The zero-order chi connectivity index (χ0) is 36.4. The highest BCUT2D eigenvalue weighted by molar-refractivity contribution is 5.69. The molecule has 0 saturated heterocycles. The lowest BCUT2D eigenvalue weighted by molar-refractivity contribution is -0.150. The molecule has 0 rings (SSSR count). The summed E-state index contributed by atoms with van der Waals surface area (Å²) in [5, 5.41) is 8.80. The van der Waals surface area contributed by atoms with Crippen LogP contribution in [-0.2, 0) is 14.3 Å². The maximum Gasteiger partial charge on any atom is 0.306 e. The van der Waals surface area contributed by atoms with Crippen molar-refractivity contribution in [3.63, 3.8) is 0 Å². The summed E-state index contributed by atoms with van der Waals surface area (Å²) in [6, 6.07) is 0. The van der Waals surface area contributed by atoms with Crippen LogP contribution in [0.1, 0.15) is 213 Å². The van der Waals surface area contributed by atoms with Crippen molar-refractivity contribution in [2.75, 3.05) is 0 Å². The molecule has 4 nitrogen and oxygen atoms in total. The smallest absolute Gasteiger partial charge is 0.306 e. The van der Waals surface area contributed by atoms with E-state index < -0.39 is 5.97 Å². The van der Waals surface area contributed by atoms with Crippen molar-refractivity contribution in [2.45, 2.75) is 219 Å². The molecule has 0 aromatic rings. The van der Waals surface area contributed by atoms with Gasteiger partial charge in [-0.25, -0.2) is 0 Å². The number of allylic oxidation sites excluding steroid dienone is 10. The number of aliphatic carboxylic acids is 1. The van der Waals surface area contributed by atoms with Gasteiger partial charge in [-0.2, -0.15) is 0 Å². The van der Waals surface area contributed by atoms with Gasteiger partial charge in [0.1, 0.15) is 6.10 Å². The summed E-state index contributed by atoms with van der Waals surface area (Å²) in [6.45, 7) is 4.43. The van der Waals surface area contributed by atoms with Crippen molar-refractivity contribution in [3.8, 4) is 0 Å². The van der Waals surface area contributed by atoms with Gasteiger partial charge in [0.25, 0.3) is 0 Å². The van der Waals surface area contributed by atoms with E-state index in [2.05, 4.69) is 74.6 Å². The first kappa shape index (κ1) is 47.6. The van der Waals surface area contributed by atoms with Gasteiger partial charge in [-0.15, -0.1) is 0 Å². The Balaban J connectivity index is 4.04. The minimum atomic E-state index is -0.695. The van der Waals surface area contributed by atoms with Crippen LogP contribution in [0.3, 0.4) is 0 Å². The maximum atomic E-state index is 12.7. The molecule has 0 amide bonds. The predicted molar refractivity (Wildman–Crippen MR) is 218 cm³/mol. The number of carboxylic acids is 1. The number of hydrogen-bond donors (Lipinski definition) is 1. The molecular weight excluding hydrogens is 617 g/mol. The van der Waals surface area contributed by atoms with E-state index in [1.165, 1.54) is 77.0 Å². The monoisotopic (exact) mass is 697 g/mol. The average Bonchev–Trinajstić information content (AvgIpc) is 3.10. The highest BCUT2D eigenvalue weighted by Gasteiger charge is 2.14. The molecule has 1 unspecified atom stereocenters. The van der Waals surface area contributed by atoms with Crippen LogP contribution >= 0.6 is 0 Å². The van der Waals surface area contributed by atoms with Crippen molar-refractivity contribution in [1.29, 1.82) is 0 Å². The Hall–Kier alpha value is -2.36. The summed E-state index contributed by atoms with van der Waals surface area (Å²) in [7, 11) is 0. The predicted octanol–water partition coefficient (Wildman–Crippen LogP) is 14.9. The van der Waals surface area contributed by atoms with E-state index in [1.807, 2.05) is 0 Å². The van der Waals surface area contributed by atoms with Crippen molar-refractivity contribution in [3.05, 3.63) is 60.8 Å². The van der Waals surface area contributed by atoms with E-state index in [4.69, 9.17) is 9.84 Å². The molecule has 0 aliphatic heterocycles. The Kier molecular flexibility index (Phi) is 39.1. The Morgan fingerprint density at radius 1 is 0.460 bits per heavy atom. The van der Waals surface area contributed by atoms with Crippen LogP contribution in [0.4, 0.5) is 0 Å². The van der Waals surface area contributed by atoms with Crippen molar-refractivity contribution >= 4 is 11.9 Å². The molecule has 0 aromatic heterocycles. The fraction of sp³-hybridized carbons (Fsp3) is 0.739. The number of carbonyl (C=O) groups is 2. The second-order valence-corrected chi connectivity index (χ2v) is 14.2. The van der Waals surface area contributed by atoms with Crippen LogP contribution < -0.4 is 0 Å². The van der Waals surface area contributed by atoms with Gasteiger partial charge in [0.15, 0.2) is 0 Å². The van der Waals surface area contributed by atoms with E-state index in [0.717, 1.165) is 109 Å². The Morgan fingerprint density at radius 3 is 1.30 bits per heavy atom. The SMILES string of the molecule is CC/C=C\C/C=C\C/C=C\C/C=C\C/C=C\CCCCCCCC(=O)OC(CCCCCCCCCCCC)CCCCCCCCC(=O)O. The third-order valence-electron chi connectivity index (χ3n) is 9.25. The first-order valence-corrected chi connectivity index (χ1v) is 21.3. The highest BCUT2D eigenvalue weighted by atomic mass is 16.5. The summed E-state index contributed by atoms with van der Waals surface area (Å²) >= 11 is 0. The van der Waals surface area contributed by atoms with Gasteiger partial charge in [0, 0.05) is 12.8 Å². The van der Waals surface area contributed by atoms with Gasteiger partial charge in [0.2, 0.25) is 0 Å². The zero-order valence-corrected chi connectivity index (χ0v) is 32.9. The molecule has 288 valence electrons. The van der Waals surface area contributed by atoms with E-state index >= 15 is 0 Å². The van der Waals surface area contributed by atoms with E-state index in [-0.39, 0.29) is 18.5 Å². The fourth-order valence-corrected chi connectivity index (χ4v) is 6.15. The first-order valence-electron chi connectivity index (χ1n) is 21.3. The van der Waals surface area contributed by atoms with Crippen LogP contribution in [0.5, 0.6) is 0 Å². The molecule has 0 bridgehead atoms. The maximum absolute atomic E-state index is 12.7. The van der Waals surface area contributed by atoms with Crippen LogP contribution in [0.2, 0.25) is 0 Å². The molecular formula is C46H80O4. The number of carbonyl (C=O) groups excluding carboxylic acids is 1. The summed E-state index contributed by atoms with van der Waals surface area (Å²) < 4.78 is 6.02. The van der Waals surface area contributed by atoms with Crippen molar-refractivity contribution in [1.82, 2.24) is 0 Å². The molecule has 4 heteroatoms. The standard InChI is InChI=1S/C46H80O4/c1-3-5-7-9-11-13-15-16-17-18-19-20-21-22-23-24-25-27-29-35-39-43-46(49)50-44(41-37-33-30-31-34-38-42-45(47)48)40-36-32-28-26-14-12-10-8-6-4-2/h5,7,11,13,16-17,19-20,22-23,44H,3-4,6,8-10,12,14-15,18,21,24-43H2,1-2H3,(H,47,48)/b7-5-,13-11-,17-16-,20-19-,23-22-. The first-order chi connectivity index (χ1) is 24.6. The molecule has 1 atom stereocenters. The Bertz CT molecular complexity index is 881. The van der Waals surface area contributed by atoms with Crippen LogP contribution in [0.25, 0.3) is 0 Å². The largest absolute Gasteiger partial charge is 0.481 e.